The molecule has 76 valence electrons. The molecule has 0 aliphatic rings. The molecule has 4 heteroatoms. The predicted octanol–water partition coefficient (Wildman–Crippen LogP) is 3.56. The van der Waals surface area contributed by atoms with E-state index in [0.29, 0.717) is 5.56 Å². The molecule has 0 aliphatic heterocycles. The van der Waals surface area contributed by atoms with Crippen molar-refractivity contribution in [3.63, 3.8) is 0 Å². The van der Waals surface area contributed by atoms with Gasteiger partial charge in [0.1, 0.15) is 0 Å². The van der Waals surface area contributed by atoms with Crippen molar-refractivity contribution in [1.29, 1.82) is 0 Å². The van der Waals surface area contributed by atoms with Gasteiger partial charge in [-0.05, 0) is 15.9 Å². The molecule has 1 aromatic carbocycles. The monoisotopic (exact) mass is 278 g/mol. The van der Waals surface area contributed by atoms with E-state index in [1.807, 2.05) is 0 Å². The third-order valence-electron chi connectivity index (χ3n) is 1.78. The molecule has 1 aromatic rings. The molecule has 0 spiro atoms. The zero-order valence-electron chi connectivity index (χ0n) is 7.34. The Kier molecular flexibility index (Phi) is 4.08. The summed E-state index contributed by atoms with van der Waals surface area (Å²) < 4.78 is 11.6. The highest BCUT2D eigenvalue weighted by molar-refractivity contribution is 9.10. The van der Waals surface area contributed by atoms with Crippen molar-refractivity contribution < 1.29 is 9.18 Å². The predicted molar refractivity (Wildman–Crippen MR) is 58.9 cm³/mol. The number of halogens is 3. The lowest BCUT2D eigenvalue weighted by molar-refractivity contribution is 0.0844. The second-order valence-corrected chi connectivity index (χ2v) is 4.47. The molecule has 0 heterocycles. The van der Waals surface area contributed by atoms with E-state index in [-0.39, 0.29) is 12.3 Å². The Labute approximate surface area is 95.4 Å². The van der Waals surface area contributed by atoms with Crippen LogP contribution in [0.1, 0.15) is 16.8 Å². The Balaban J connectivity index is 2.85. The first-order chi connectivity index (χ1) is 6.58. The summed E-state index contributed by atoms with van der Waals surface area (Å²) in [5.41, 5.74) is 0.344. The number of carbonyl (C=O) groups is 1. The van der Waals surface area contributed by atoms with Crippen molar-refractivity contribution in [1.82, 2.24) is 0 Å². The largest absolute Gasteiger partial charge is 0.290 e. The maximum Gasteiger partial charge on any atom is 0.228 e. The van der Waals surface area contributed by atoms with Gasteiger partial charge in [0, 0.05) is 17.9 Å². The second kappa shape index (κ2) is 4.89. The first kappa shape index (κ1) is 11.7. The number of Topliss-reactive ketones (excluding diaryl/α,β-unsaturated/α-hetero) is 1. The number of hydrogen-bond donors (Lipinski definition) is 0. The van der Waals surface area contributed by atoms with Crippen LogP contribution < -0.4 is 0 Å². The maximum atomic E-state index is 13.7. The van der Waals surface area contributed by atoms with Crippen molar-refractivity contribution in [2.45, 2.75) is 11.0 Å². The van der Waals surface area contributed by atoms with E-state index in [2.05, 4.69) is 15.9 Å². The van der Waals surface area contributed by atoms with E-state index in [1.54, 1.807) is 30.3 Å². The van der Waals surface area contributed by atoms with Crippen LogP contribution in [-0.4, -0.2) is 16.2 Å². The highest BCUT2D eigenvalue weighted by atomic mass is 79.9. The van der Waals surface area contributed by atoms with Gasteiger partial charge in [-0.1, -0.05) is 30.3 Å². The number of carbonyl (C=O) groups excluding carboxylic acids is 1. The van der Waals surface area contributed by atoms with Crippen LogP contribution in [-0.2, 0) is 0 Å². The Morgan fingerprint density at radius 2 is 2.00 bits per heavy atom. The van der Waals surface area contributed by atoms with Gasteiger partial charge >= 0.3 is 0 Å². The summed E-state index contributed by atoms with van der Waals surface area (Å²) in [7, 11) is 0. The average Bonchev–Trinajstić information content (AvgIpc) is 2.18. The highest BCUT2D eigenvalue weighted by Gasteiger charge is 2.35. The smallest absolute Gasteiger partial charge is 0.228 e. The molecule has 0 saturated carbocycles. The normalized spacial score (nSPS) is 14.8. The molecule has 0 amide bonds. The van der Waals surface area contributed by atoms with Gasteiger partial charge in [0.05, 0.1) is 0 Å². The lowest BCUT2D eigenvalue weighted by Crippen LogP contribution is -2.27. The summed E-state index contributed by atoms with van der Waals surface area (Å²) in [6.45, 7) is 0. The van der Waals surface area contributed by atoms with Gasteiger partial charge in [0.25, 0.3) is 0 Å². The molecule has 1 rings (SSSR count). The van der Waals surface area contributed by atoms with Crippen molar-refractivity contribution in [3.05, 3.63) is 35.9 Å². The number of alkyl halides is 3. The zero-order chi connectivity index (χ0) is 10.6. The molecule has 0 bridgehead atoms. The first-order valence-corrected chi connectivity index (χ1v) is 5.44. The van der Waals surface area contributed by atoms with Gasteiger partial charge < -0.3 is 0 Å². The fraction of sp³-hybridized carbons (Fsp3) is 0.300. The SMILES string of the molecule is O=C(c1ccccc1)[C@@](F)(Br)CCCl. The Morgan fingerprint density at radius 3 is 2.50 bits per heavy atom. The van der Waals surface area contributed by atoms with E-state index < -0.39 is 10.4 Å². The van der Waals surface area contributed by atoms with Crippen molar-refractivity contribution >= 4 is 33.3 Å². The van der Waals surface area contributed by atoms with E-state index in [4.69, 9.17) is 11.6 Å². The van der Waals surface area contributed by atoms with Gasteiger partial charge in [-0.2, -0.15) is 0 Å². The Morgan fingerprint density at radius 1 is 1.43 bits per heavy atom. The molecule has 1 atom stereocenters. The van der Waals surface area contributed by atoms with Crippen LogP contribution in [0.5, 0.6) is 0 Å². The molecule has 0 radical (unpaired) electrons. The summed E-state index contributed by atoms with van der Waals surface area (Å²) in [6, 6.07) is 8.30. The van der Waals surface area contributed by atoms with Gasteiger partial charge in [0.2, 0.25) is 10.4 Å². The average molecular weight is 280 g/mol. The number of ketones is 1. The maximum absolute atomic E-state index is 13.7. The fourth-order valence-electron chi connectivity index (χ4n) is 1.03. The summed E-state index contributed by atoms with van der Waals surface area (Å²) in [6.07, 6.45) is -0.0394. The van der Waals surface area contributed by atoms with Gasteiger partial charge in [0.15, 0.2) is 0 Å². The standard InChI is InChI=1S/C10H9BrClFO/c11-10(13,6-7-12)9(14)8-4-2-1-3-5-8/h1-5H,6-7H2/t10-/m1/s1. The molecular weight excluding hydrogens is 270 g/mol. The minimum absolute atomic E-state index is 0.0394. The lowest BCUT2D eigenvalue weighted by Gasteiger charge is -2.15. The van der Waals surface area contributed by atoms with Crippen LogP contribution in [0.15, 0.2) is 30.3 Å². The summed E-state index contributed by atoms with van der Waals surface area (Å²) in [4.78, 5) is 11.6. The lowest BCUT2D eigenvalue weighted by atomic mass is 10.1. The molecule has 0 saturated heterocycles. The molecule has 14 heavy (non-hydrogen) atoms. The van der Waals surface area contributed by atoms with Crippen LogP contribution in [0.2, 0.25) is 0 Å². The van der Waals surface area contributed by atoms with Crippen LogP contribution in [0.3, 0.4) is 0 Å². The van der Waals surface area contributed by atoms with Gasteiger partial charge in [-0.3, -0.25) is 4.79 Å². The van der Waals surface area contributed by atoms with Gasteiger partial charge in [-0.15, -0.1) is 11.6 Å². The van der Waals surface area contributed by atoms with Gasteiger partial charge in [-0.25, -0.2) is 4.39 Å². The molecule has 0 unspecified atom stereocenters. The minimum Gasteiger partial charge on any atom is -0.290 e. The van der Waals surface area contributed by atoms with Crippen LogP contribution in [0.4, 0.5) is 4.39 Å². The van der Waals surface area contributed by atoms with Crippen molar-refractivity contribution in [2.75, 3.05) is 5.88 Å². The van der Waals surface area contributed by atoms with E-state index in [9.17, 15) is 9.18 Å². The van der Waals surface area contributed by atoms with E-state index in [1.165, 1.54) is 0 Å². The molecule has 1 nitrogen and oxygen atoms in total. The number of hydrogen-bond acceptors (Lipinski definition) is 1. The first-order valence-electron chi connectivity index (χ1n) is 4.11. The third-order valence-corrected chi connectivity index (χ3v) is 2.72. The quantitative estimate of drug-likeness (QED) is 0.608. The minimum atomic E-state index is -2.05. The topological polar surface area (TPSA) is 17.1 Å². The third kappa shape index (κ3) is 2.79. The summed E-state index contributed by atoms with van der Waals surface area (Å²) in [5, 5.41) is 0. The molecule has 0 N–H and O–H groups in total. The van der Waals surface area contributed by atoms with Crippen LogP contribution >= 0.6 is 27.5 Å². The Hall–Kier alpha value is -0.410. The molecular formula is C10H9BrClFO. The fourth-order valence-corrected chi connectivity index (χ4v) is 1.95. The zero-order valence-corrected chi connectivity index (χ0v) is 9.69. The highest BCUT2D eigenvalue weighted by Crippen LogP contribution is 2.29. The molecule has 0 fully saturated rings. The Bertz CT molecular complexity index is 313. The molecule has 0 aromatic heterocycles. The molecule has 0 aliphatic carbocycles. The van der Waals surface area contributed by atoms with Crippen molar-refractivity contribution in [2.24, 2.45) is 0 Å². The summed E-state index contributed by atoms with van der Waals surface area (Å²) >= 11 is 8.14. The number of rotatable bonds is 4. The summed E-state index contributed by atoms with van der Waals surface area (Å²) in [5.74, 6) is -0.487. The number of benzene rings is 1. The van der Waals surface area contributed by atoms with Crippen LogP contribution in [0.25, 0.3) is 0 Å². The second-order valence-electron chi connectivity index (χ2n) is 2.84. The van der Waals surface area contributed by atoms with E-state index >= 15 is 0 Å². The van der Waals surface area contributed by atoms with E-state index in [0.717, 1.165) is 0 Å². The van der Waals surface area contributed by atoms with Crippen molar-refractivity contribution in [3.8, 4) is 0 Å². The van der Waals surface area contributed by atoms with Crippen LogP contribution in [0, 0.1) is 0 Å².